The van der Waals surface area contributed by atoms with Crippen LogP contribution >= 0.6 is 11.3 Å². The molecule has 0 aliphatic rings. The summed E-state index contributed by atoms with van der Waals surface area (Å²) in [4.78, 5) is 0.838. The molecule has 0 aliphatic heterocycles. The average Bonchev–Trinajstić information content (AvgIpc) is 2.69. The number of allylic oxidation sites excluding steroid dienone is 1. The standard InChI is InChI=1S/C14H16N2S/c1-9(2)3-4-10-5-6-12-11(7-10)8-13(17-12)14(15)16/h3-9H,1-2H3,(H3,15,16). The first-order valence-corrected chi connectivity index (χ1v) is 6.44. The number of nitrogen functional groups attached to an aromatic ring is 1. The SMILES string of the molecule is CC(C)C=Cc1ccc2sc(C(=N)N)cc2c1. The van der Waals surface area contributed by atoms with Gasteiger partial charge >= 0.3 is 0 Å². The lowest BCUT2D eigenvalue weighted by molar-refractivity contribution is 0.836. The molecule has 0 aliphatic carbocycles. The second-order valence-electron chi connectivity index (χ2n) is 4.42. The number of nitrogens with two attached hydrogens (primary N) is 1. The summed E-state index contributed by atoms with van der Waals surface area (Å²) in [6.07, 6.45) is 4.31. The van der Waals surface area contributed by atoms with Gasteiger partial charge in [0.15, 0.2) is 0 Å². The number of nitrogens with one attached hydrogen (secondary N) is 1. The Balaban J connectivity index is 2.40. The van der Waals surface area contributed by atoms with Crippen LogP contribution in [0, 0.1) is 11.3 Å². The summed E-state index contributed by atoms with van der Waals surface area (Å²) >= 11 is 1.56. The van der Waals surface area contributed by atoms with E-state index in [4.69, 9.17) is 11.1 Å². The number of rotatable bonds is 3. The highest BCUT2D eigenvalue weighted by molar-refractivity contribution is 7.20. The van der Waals surface area contributed by atoms with Crippen molar-refractivity contribution in [2.45, 2.75) is 13.8 Å². The molecule has 0 spiro atoms. The van der Waals surface area contributed by atoms with Crippen LogP contribution in [0.2, 0.25) is 0 Å². The molecule has 0 saturated heterocycles. The van der Waals surface area contributed by atoms with Crippen LogP contribution in [-0.4, -0.2) is 5.84 Å². The van der Waals surface area contributed by atoms with Crippen LogP contribution in [0.4, 0.5) is 0 Å². The van der Waals surface area contributed by atoms with Crippen molar-refractivity contribution in [3.8, 4) is 0 Å². The van der Waals surface area contributed by atoms with E-state index in [1.54, 1.807) is 11.3 Å². The zero-order chi connectivity index (χ0) is 12.4. The Kier molecular flexibility index (Phi) is 3.29. The molecule has 0 radical (unpaired) electrons. The number of amidine groups is 1. The van der Waals surface area contributed by atoms with Crippen molar-refractivity contribution in [2.75, 3.05) is 0 Å². The van der Waals surface area contributed by atoms with E-state index in [1.165, 1.54) is 10.3 Å². The predicted molar refractivity (Wildman–Crippen MR) is 76.7 cm³/mol. The van der Waals surface area contributed by atoms with Crippen LogP contribution in [0.25, 0.3) is 16.2 Å². The van der Waals surface area contributed by atoms with E-state index in [9.17, 15) is 0 Å². The molecule has 0 saturated carbocycles. The van der Waals surface area contributed by atoms with Gasteiger partial charge in [0.2, 0.25) is 0 Å². The van der Waals surface area contributed by atoms with Gasteiger partial charge in [0.1, 0.15) is 5.84 Å². The van der Waals surface area contributed by atoms with Crippen LogP contribution in [0.5, 0.6) is 0 Å². The Morgan fingerprint density at radius 1 is 1.35 bits per heavy atom. The fourth-order valence-corrected chi connectivity index (χ4v) is 2.51. The van der Waals surface area contributed by atoms with Crippen molar-refractivity contribution in [1.82, 2.24) is 0 Å². The van der Waals surface area contributed by atoms with Crippen molar-refractivity contribution < 1.29 is 0 Å². The number of fused-ring (bicyclic) bond motifs is 1. The van der Waals surface area contributed by atoms with E-state index in [-0.39, 0.29) is 5.84 Å². The second-order valence-corrected chi connectivity index (χ2v) is 5.51. The van der Waals surface area contributed by atoms with E-state index >= 15 is 0 Å². The average molecular weight is 244 g/mol. The van der Waals surface area contributed by atoms with E-state index in [1.807, 2.05) is 6.07 Å². The molecule has 2 rings (SSSR count). The normalized spacial score (nSPS) is 11.7. The van der Waals surface area contributed by atoms with E-state index in [0.717, 1.165) is 10.3 Å². The van der Waals surface area contributed by atoms with Crippen molar-refractivity contribution in [1.29, 1.82) is 5.41 Å². The molecule has 1 aromatic heterocycles. The smallest absolute Gasteiger partial charge is 0.133 e. The van der Waals surface area contributed by atoms with Crippen molar-refractivity contribution in [2.24, 2.45) is 11.7 Å². The van der Waals surface area contributed by atoms with E-state index in [0.29, 0.717) is 5.92 Å². The molecule has 17 heavy (non-hydrogen) atoms. The van der Waals surface area contributed by atoms with Gasteiger partial charge in [0, 0.05) is 4.70 Å². The van der Waals surface area contributed by atoms with Crippen molar-refractivity contribution in [3.63, 3.8) is 0 Å². The molecule has 2 aromatic rings. The van der Waals surface area contributed by atoms with Crippen molar-refractivity contribution in [3.05, 3.63) is 40.8 Å². The summed E-state index contributed by atoms with van der Waals surface area (Å²) in [6, 6.07) is 8.31. The third kappa shape index (κ3) is 2.74. The van der Waals surface area contributed by atoms with Gasteiger partial charge < -0.3 is 5.73 Å². The molecule has 0 fully saturated rings. The largest absolute Gasteiger partial charge is 0.383 e. The van der Waals surface area contributed by atoms with E-state index < -0.39 is 0 Å². The Labute approximate surface area is 105 Å². The highest BCUT2D eigenvalue weighted by Crippen LogP contribution is 2.26. The number of hydrogen-bond acceptors (Lipinski definition) is 2. The zero-order valence-corrected chi connectivity index (χ0v) is 10.8. The molecular weight excluding hydrogens is 228 g/mol. The minimum absolute atomic E-state index is 0.144. The minimum atomic E-state index is 0.144. The molecular formula is C14H16N2S. The molecule has 0 unspecified atom stereocenters. The van der Waals surface area contributed by atoms with E-state index in [2.05, 4.69) is 44.2 Å². The number of hydrogen-bond donors (Lipinski definition) is 2. The van der Waals surface area contributed by atoms with Gasteiger partial charge in [-0.05, 0) is 35.1 Å². The lowest BCUT2D eigenvalue weighted by atomic mass is 10.1. The summed E-state index contributed by atoms with van der Waals surface area (Å²) in [5.41, 5.74) is 6.69. The summed E-state index contributed by atoms with van der Waals surface area (Å²) in [6.45, 7) is 4.32. The van der Waals surface area contributed by atoms with Gasteiger partial charge in [-0.2, -0.15) is 0 Å². The van der Waals surface area contributed by atoms with Crippen LogP contribution < -0.4 is 5.73 Å². The second kappa shape index (κ2) is 4.72. The third-order valence-corrected chi connectivity index (χ3v) is 3.63. The topological polar surface area (TPSA) is 49.9 Å². The molecule has 0 atom stereocenters. The van der Waals surface area contributed by atoms with Gasteiger partial charge in [-0.3, -0.25) is 5.41 Å². The third-order valence-electron chi connectivity index (χ3n) is 2.48. The first-order chi connectivity index (χ1) is 8.06. The predicted octanol–water partition coefficient (Wildman–Crippen LogP) is 3.85. The quantitative estimate of drug-likeness (QED) is 0.625. The first kappa shape index (κ1) is 11.9. The Morgan fingerprint density at radius 2 is 2.12 bits per heavy atom. The van der Waals surface area contributed by atoms with Gasteiger partial charge in [-0.15, -0.1) is 11.3 Å². The zero-order valence-electron chi connectivity index (χ0n) is 10.0. The van der Waals surface area contributed by atoms with Gasteiger partial charge in [-0.25, -0.2) is 0 Å². The van der Waals surface area contributed by atoms with Crippen LogP contribution in [0.1, 0.15) is 24.3 Å². The molecule has 1 heterocycles. The van der Waals surface area contributed by atoms with Crippen LogP contribution in [0.15, 0.2) is 30.3 Å². The van der Waals surface area contributed by atoms with Gasteiger partial charge in [0.05, 0.1) is 4.88 Å². The lowest BCUT2D eigenvalue weighted by Crippen LogP contribution is -2.08. The fourth-order valence-electron chi connectivity index (χ4n) is 1.60. The number of benzene rings is 1. The maximum Gasteiger partial charge on any atom is 0.133 e. The maximum atomic E-state index is 7.43. The van der Waals surface area contributed by atoms with Gasteiger partial charge in [0.25, 0.3) is 0 Å². The summed E-state index contributed by atoms with van der Waals surface area (Å²) in [5.74, 6) is 0.700. The Bertz CT molecular complexity index is 579. The summed E-state index contributed by atoms with van der Waals surface area (Å²) in [5, 5.41) is 8.59. The van der Waals surface area contributed by atoms with Crippen LogP contribution in [-0.2, 0) is 0 Å². The van der Waals surface area contributed by atoms with Crippen molar-refractivity contribution >= 4 is 33.3 Å². The van der Waals surface area contributed by atoms with Gasteiger partial charge in [-0.1, -0.05) is 32.1 Å². The maximum absolute atomic E-state index is 7.43. The summed E-state index contributed by atoms with van der Waals surface area (Å²) < 4.78 is 1.18. The molecule has 88 valence electrons. The lowest BCUT2D eigenvalue weighted by Gasteiger charge is -1.96. The molecule has 3 N–H and O–H groups in total. The molecule has 0 amide bonds. The van der Waals surface area contributed by atoms with Crippen LogP contribution in [0.3, 0.4) is 0 Å². The monoisotopic (exact) mass is 244 g/mol. The summed E-state index contributed by atoms with van der Waals surface area (Å²) in [7, 11) is 0. The highest BCUT2D eigenvalue weighted by atomic mass is 32.1. The minimum Gasteiger partial charge on any atom is -0.383 e. The molecule has 2 nitrogen and oxygen atoms in total. The molecule has 3 heteroatoms. The first-order valence-electron chi connectivity index (χ1n) is 5.62. The Morgan fingerprint density at radius 3 is 2.76 bits per heavy atom. The number of thiophene rings is 1. The Hall–Kier alpha value is -1.61. The molecule has 1 aromatic carbocycles. The highest BCUT2D eigenvalue weighted by Gasteiger charge is 2.04. The fraction of sp³-hybridized carbons (Fsp3) is 0.214. The molecule has 0 bridgehead atoms.